The van der Waals surface area contributed by atoms with E-state index in [4.69, 9.17) is 0 Å². The minimum absolute atomic E-state index is 0.114. The van der Waals surface area contributed by atoms with Crippen LogP contribution >= 0.6 is 0 Å². The smallest absolute Gasteiger partial charge is 0.405 e. The quantitative estimate of drug-likeness (QED) is 0.868. The molecule has 2 aromatic rings. The number of nitrogens with zero attached hydrogens (tertiary/aromatic N) is 1. The Labute approximate surface area is 143 Å². The number of alkyl halides is 3. The number of rotatable bonds is 6. The molecular formula is C18H18F3NO3. The van der Waals surface area contributed by atoms with Crippen molar-refractivity contribution in [2.24, 2.45) is 0 Å². The van der Waals surface area contributed by atoms with Gasteiger partial charge in [0.05, 0.1) is 0 Å². The molecular weight excluding hydrogens is 335 g/mol. The summed E-state index contributed by atoms with van der Waals surface area (Å²) in [5.41, 5.74) is 0.986. The van der Waals surface area contributed by atoms with Crippen LogP contribution in [-0.4, -0.2) is 35.4 Å². The molecule has 0 aliphatic rings. The number of likely N-dealkylation sites (N-methyl/N-ethyl adjacent to an activating group) is 1. The molecule has 0 fully saturated rings. The Morgan fingerprint density at radius 3 is 2.36 bits per heavy atom. The van der Waals surface area contributed by atoms with Gasteiger partial charge in [-0.25, -0.2) is 0 Å². The van der Waals surface area contributed by atoms with Gasteiger partial charge < -0.3 is 14.7 Å². The van der Waals surface area contributed by atoms with Crippen LogP contribution in [0.1, 0.15) is 11.1 Å². The van der Waals surface area contributed by atoms with E-state index in [9.17, 15) is 23.1 Å². The lowest BCUT2D eigenvalue weighted by Gasteiger charge is -2.22. The number of aliphatic hydroxyl groups is 1. The number of para-hydroxylation sites is 1. The van der Waals surface area contributed by atoms with Crippen molar-refractivity contribution in [1.82, 2.24) is 4.90 Å². The summed E-state index contributed by atoms with van der Waals surface area (Å²) in [6.07, 6.45) is -5.96. The number of benzene rings is 2. The van der Waals surface area contributed by atoms with Crippen molar-refractivity contribution in [2.45, 2.75) is 25.4 Å². The molecule has 2 aromatic carbocycles. The van der Waals surface area contributed by atoms with Gasteiger partial charge in [0.25, 0.3) is 5.91 Å². The monoisotopic (exact) mass is 353 g/mol. The summed E-state index contributed by atoms with van der Waals surface area (Å²) in [5, 5.41) is 10.1. The molecule has 0 saturated carbocycles. The number of amides is 1. The number of hydrogen-bond donors (Lipinski definition) is 1. The summed E-state index contributed by atoms with van der Waals surface area (Å²) in [7, 11) is 1.42. The minimum Gasteiger partial charge on any atom is -0.405 e. The maximum absolute atomic E-state index is 12.4. The first-order chi connectivity index (χ1) is 11.8. The molecule has 4 nitrogen and oxygen atoms in total. The second-order valence-electron chi connectivity index (χ2n) is 5.56. The first kappa shape index (κ1) is 18.8. The molecule has 0 aliphatic carbocycles. The van der Waals surface area contributed by atoms with Crippen LogP contribution in [-0.2, 0) is 17.8 Å². The van der Waals surface area contributed by atoms with Crippen molar-refractivity contribution >= 4 is 5.91 Å². The Morgan fingerprint density at radius 1 is 1.12 bits per heavy atom. The lowest BCUT2D eigenvalue weighted by molar-refractivity contribution is -0.275. The third kappa shape index (κ3) is 5.79. The highest BCUT2D eigenvalue weighted by Gasteiger charge is 2.32. The summed E-state index contributed by atoms with van der Waals surface area (Å²) in [6.45, 7) is -0.114. The SMILES string of the molecule is CN(Cc1ccccc1OC(F)(F)F)C(=O)[C@@H](O)Cc1ccccc1. The molecule has 0 saturated heterocycles. The standard InChI is InChI=1S/C18H18F3NO3/c1-22(17(24)15(23)11-13-7-3-2-4-8-13)12-14-9-5-6-10-16(14)25-18(19,20)21/h2-10,15,23H,11-12H2,1H3/t15-/m0/s1. The molecule has 0 bridgehead atoms. The van der Waals surface area contributed by atoms with E-state index in [-0.39, 0.29) is 24.3 Å². The highest BCUT2D eigenvalue weighted by atomic mass is 19.4. The summed E-state index contributed by atoms with van der Waals surface area (Å²) in [5.74, 6) is -0.946. The fraction of sp³-hybridized carbons (Fsp3) is 0.278. The fourth-order valence-electron chi connectivity index (χ4n) is 2.37. The molecule has 25 heavy (non-hydrogen) atoms. The van der Waals surface area contributed by atoms with E-state index < -0.39 is 18.4 Å². The van der Waals surface area contributed by atoms with Crippen molar-refractivity contribution in [3.05, 3.63) is 65.7 Å². The van der Waals surface area contributed by atoms with Crippen LogP contribution in [0.2, 0.25) is 0 Å². The minimum atomic E-state index is -4.81. The van der Waals surface area contributed by atoms with Crippen LogP contribution in [0.4, 0.5) is 13.2 Å². The van der Waals surface area contributed by atoms with Crippen molar-refractivity contribution in [2.75, 3.05) is 7.05 Å². The molecule has 1 N–H and O–H groups in total. The number of carbonyl (C=O) groups is 1. The van der Waals surface area contributed by atoms with Crippen molar-refractivity contribution in [3.63, 3.8) is 0 Å². The number of hydrogen-bond acceptors (Lipinski definition) is 3. The van der Waals surface area contributed by atoms with Crippen LogP contribution in [0, 0.1) is 0 Å². The first-order valence-corrected chi connectivity index (χ1v) is 7.57. The largest absolute Gasteiger partial charge is 0.573 e. The topological polar surface area (TPSA) is 49.8 Å². The molecule has 0 spiro atoms. The van der Waals surface area contributed by atoms with E-state index >= 15 is 0 Å². The van der Waals surface area contributed by atoms with Gasteiger partial charge in [0, 0.05) is 25.6 Å². The number of halogens is 3. The van der Waals surface area contributed by atoms with Crippen molar-refractivity contribution < 1.29 is 27.8 Å². The molecule has 0 aliphatic heterocycles. The van der Waals surface area contributed by atoms with Gasteiger partial charge in [-0.05, 0) is 11.6 Å². The number of aliphatic hydroxyl groups excluding tert-OH is 1. The maximum atomic E-state index is 12.4. The molecule has 0 aromatic heterocycles. The Bertz CT molecular complexity index is 704. The first-order valence-electron chi connectivity index (χ1n) is 7.57. The number of ether oxygens (including phenoxy) is 1. The fourth-order valence-corrected chi connectivity index (χ4v) is 2.37. The second-order valence-corrected chi connectivity index (χ2v) is 5.56. The second kappa shape index (κ2) is 8.02. The van der Waals surface area contributed by atoms with E-state index in [0.29, 0.717) is 0 Å². The lowest BCUT2D eigenvalue weighted by atomic mass is 10.1. The molecule has 0 radical (unpaired) electrons. The zero-order valence-electron chi connectivity index (χ0n) is 13.5. The highest BCUT2D eigenvalue weighted by Crippen LogP contribution is 2.27. The van der Waals surface area contributed by atoms with Gasteiger partial charge >= 0.3 is 6.36 Å². The van der Waals surface area contributed by atoms with E-state index in [1.165, 1.54) is 30.1 Å². The van der Waals surface area contributed by atoms with Crippen LogP contribution < -0.4 is 4.74 Å². The van der Waals surface area contributed by atoms with Crippen molar-refractivity contribution in [1.29, 1.82) is 0 Å². The van der Waals surface area contributed by atoms with Crippen LogP contribution in [0.25, 0.3) is 0 Å². The van der Waals surface area contributed by atoms with Gasteiger partial charge in [0.2, 0.25) is 0 Å². The molecule has 134 valence electrons. The van der Waals surface area contributed by atoms with Gasteiger partial charge in [-0.2, -0.15) is 0 Å². The predicted molar refractivity (Wildman–Crippen MR) is 85.8 cm³/mol. The molecule has 1 atom stereocenters. The zero-order valence-corrected chi connectivity index (χ0v) is 13.5. The van der Waals surface area contributed by atoms with E-state index in [0.717, 1.165) is 5.56 Å². The van der Waals surface area contributed by atoms with Crippen LogP contribution in [0.3, 0.4) is 0 Å². The number of carbonyl (C=O) groups excluding carboxylic acids is 1. The predicted octanol–water partition coefficient (Wildman–Crippen LogP) is 3.15. The van der Waals surface area contributed by atoms with E-state index in [1.54, 1.807) is 30.3 Å². The summed E-state index contributed by atoms with van der Waals surface area (Å²) in [4.78, 5) is 13.4. The third-order valence-electron chi connectivity index (χ3n) is 3.54. The van der Waals surface area contributed by atoms with Crippen LogP contribution in [0.5, 0.6) is 5.75 Å². The third-order valence-corrected chi connectivity index (χ3v) is 3.54. The van der Waals surface area contributed by atoms with E-state index in [2.05, 4.69) is 4.74 Å². The lowest BCUT2D eigenvalue weighted by Crippen LogP contribution is -2.37. The molecule has 0 heterocycles. The Hall–Kier alpha value is -2.54. The molecule has 1 amide bonds. The summed E-state index contributed by atoms with van der Waals surface area (Å²) >= 11 is 0. The molecule has 2 rings (SSSR count). The van der Waals surface area contributed by atoms with Crippen LogP contribution in [0.15, 0.2) is 54.6 Å². The Morgan fingerprint density at radius 2 is 1.72 bits per heavy atom. The van der Waals surface area contributed by atoms with Gasteiger partial charge in [-0.15, -0.1) is 13.2 Å². The Kier molecular flexibility index (Phi) is 6.03. The summed E-state index contributed by atoms with van der Waals surface area (Å²) in [6, 6.07) is 14.6. The Balaban J connectivity index is 2.04. The van der Waals surface area contributed by atoms with Gasteiger partial charge in [0.15, 0.2) is 0 Å². The van der Waals surface area contributed by atoms with Crippen molar-refractivity contribution in [3.8, 4) is 5.75 Å². The molecule has 7 heteroatoms. The van der Waals surface area contributed by atoms with Gasteiger partial charge in [-0.3, -0.25) is 4.79 Å². The maximum Gasteiger partial charge on any atom is 0.573 e. The normalized spacial score (nSPS) is 12.5. The zero-order chi connectivity index (χ0) is 18.4. The summed E-state index contributed by atoms with van der Waals surface area (Å²) < 4.78 is 41.3. The average Bonchev–Trinajstić information content (AvgIpc) is 2.55. The average molecular weight is 353 g/mol. The van der Waals surface area contributed by atoms with E-state index in [1.807, 2.05) is 6.07 Å². The van der Waals surface area contributed by atoms with Gasteiger partial charge in [0.1, 0.15) is 11.9 Å². The molecule has 0 unspecified atom stereocenters. The highest BCUT2D eigenvalue weighted by molar-refractivity contribution is 5.80. The van der Waals surface area contributed by atoms with Gasteiger partial charge in [-0.1, -0.05) is 48.5 Å².